The molecule has 22 heavy (non-hydrogen) atoms. The summed E-state index contributed by atoms with van der Waals surface area (Å²) in [4.78, 5) is 17.3. The number of rotatable bonds is 7. The Morgan fingerprint density at radius 2 is 2.05 bits per heavy atom. The van der Waals surface area contributed by atoms with E-state index in [9.17, 15) is 4.79 Å². The fourth-order valence-corrected chi connectivity index (χ4v) is 2.77. The number of benzene rings is 1. The maximum atomic E-state index is 11.9. The molecule has 0 unspecified atom stereocenters. The predicted molar refractivity (Wildman–Crippen MR) is 86.6 cm³/mol. The number of aromatic nitrogens is 1. The van der Waals surface area contributed by atoms with Crippen LogP contribution >= 0.6 is 11.3 Å². The van der Waals surface area contributed by atoms with Crippen molar-refractivity contribution in [3.05, 3.63) is 39.8 Å². The van der Waals surface area contributed by atoms with Gasteiger partial charge in [0.1, 0.15) is 5.01 Å². The molecule has 0 saturated heterocycles. The molecule has 118 valence electrons. The number of thiazole rings is 1. The lowest BCUT2D eigenvalue weighted by Gasteiger charge is -2.09. The largest absolute Gasteiger partial charge is 0.493 e. The van der Waals surface area contributed by atoms with Crippen LogP contribution in [0.3, 0.4) is 0 Å². The van der Waals surface area contributed by atoms with Gasteiger partial charge in [0.2, 0.25) is 5.91 Å². The number of hydrogen-bond acceptors (Lipinski definition) is 5. The fourth-order valence-electron chi connectivity index (χ4n) is 2.04. The minimum Gasteiger partial charge on any atom is -0.493 e. The minimum absolute atomic E-state index is 0.0163. The molecule has 0 aliphatic heterocycles. The second-order valence-electron chi connectivity index (χ2n) is 4.83. The van der Waals surface area contributed by atoms with Crippen LogP contribution in [0.1, 0.15) is 21.9 Å². The van der Waals surface area contributed by atoms with E-state index in [4.69, 9.17) is 9.47 Å². The Bertz CT molecular complexity index is 640. The van der Waals surface area contributed by atoms with E-state index in [1.54, 1.807) is 25.6 Å². The molecule has 0 spiro atoms. The van der Waals surface area contributed by atoms with Gasteiger partial charge in [-0.3, -0.25) is 4.79 Å². The van der Waals surface area contributed by atoms with Gasteiger partial charge in [-0.25, -0.2) is 4.98 Å². The van der Waals surface area contributed by atoms with Gasteiger partial charge >= 0.3 is 0 Å². The van der Waals surface area contributed by atoms with Gasteiger partial charge in [0.15, 0.2) is 11.5 Å². The predicted octanol–water partition coefficient (Wildman–Crippen LogP) is 2.72. The summed E-state index contributed by atoms with van der Waals surface area (Å²) < 4.78 is 10.5. The van der Waals surface area contributed by atoms with Gasteiger partial charge in [0, 0.05) is 17.5 Å². The Labute approximate surface area is 134 Å². The summed E-state index contributed by atoms with van der Waals surface area (Å²) in [6, 6.07) is 5.69. The zero-order valence-electron chi connectivity index (χ0n) is 13.0. The Morgan fingerprint density at radius 3 is 2.68 bits per heavy atom. The van der Waals surface area contributed by atoms with Crippen molar-refractivity contribution in [2.45, 2.75) is 26.3 Å². The van der Waals surface area contributed by atoms with Gasteiger partial charge in [-0.1, -0.05) is 6.07 Å². The molecule has 0 fully saturated rings. The summed E-state index contributed by atoms with van der Waals surface area (Å²) in [6.07, 6.45) is 2.90. The second-order valence-corrected chi connectivity index (χ2v) is 6.15. The molecule has 1 aromatic carbocycles. The Kier molecular flexibility index (Phi) is 5.77. The van der Waals surface area contributed by atoms with Gasteiger partial charge in [0.25, 0.3) is 0 Å². The van der Waals surface area contributed by atoms with Crippen molar-refractivity contribution in [2.75, 3.05) is 14.2 Å². The number of methoxy groups -OCH3 is 2. The summed E-state index contributed by atoms with van der Waals surface area (Å²) in [5, 5.41) is 3.81. The maximum Gasteiger partial charge on any atom is 0.220 e. The van der Waals surface area contributed by atoms with Crippen molar-refractivity contribution in [3.63, 3.8) is 0 Å². The highest BCUT2D eigenvalue weighted by atomic mass is 32.1. The molecular formula is C16H20N2O3S. The third-order valence-corrected chi connectivity index (χ3v) is 4.11. The highest BCUT2D eigenvalue weighted by molar-refractivity contribution is 7.11. The number of nitrogens with zero attached hydrogens (tertiary/aromatic N) is 1. The molecule has 2 aromatic rings. The molecule has 0 aliphatic carbocycles. The molecule has 0 aliphatic rings. The van der Waals surface area contributed by atoms with E-state index in [0.717, 1.165) is 15.4 Å². The van der Waals surface area contributed by atoms with Gasteiger partial charge in [-0.05, 0) is 31.0 Å². The molecule has 2 rings (SSSR count). The SMILES string of the molecule is COc1ccc(CCC(=O)NCc2ncc(C)s2)cc1OC. The van der Waals surface area contributed by atoms with E-state index in [2.05, 4.69) is 10.3 Å². The van der Waals surface area contributed by atoms with Crippen LogP contribution in [0.2, 0.25) is 0 Å². The van der Waals surface area contributed by atoms with E-state index in [1.807, 2.05) is 31.3 Å². The number of carbonyl (C=O) groups is 1. The number of nitrogens with one attached hydrogen (secondary N) is 1. The zero-order chi connectivity index (χ0) is 15.9. The van der Waals surface area contributed by atoms with Crippen molar-refractivity contribution < 1.29 is 14.3 Å². The van der Waals surface area contributed by atoms with Gasteiger partial charge in [-0.15, -0.1) is 11.3 Å². The Balaban J connectivity index is 1.83. The van der Waals surface area contributed by atoms with E-state index < -0.39 is 0 Å². The Hall–Kier alpha value is -2.08. The third kappa shape index (κ3) is 4.46. The number of ether oxygens (including phenoxy) is 2. The molecule has 1 aromatic heterocycles. The topological polar surface area (TPSA) is 60.5 Å². The van der Waals surface area contributed by atoms with Crippen molar-refractivity contribution in [1.29, 1.82) is 0 Å². The van der Waals surface area contributed by atoms with E-state index >= 15 is 0 Å². The summed E-state index contributed by atoms with van der Waals surface area (Å²) in [6.45, 7) is 2.49. The van der Waals surface area contributed by atoms with E-state index in [0.29, 0.717) is 30.9 Å². The summed E-state index contributed by atoms with van der Waals surface area (Å²) in [7, 11) is 3.20. The molecule has 0 atom stereocenters. The molecule has 6 heteroatoms. The lowest BCUT2D eigenvalue weighted by atomic mass is 10.1. The van der Waals surface area contributed by atoms with Gasteiger partial charge < -0.3 is 14.8 Å². The minimum atomic E-state index is 0.0163. The van der Waals surface area contributed by atoms with Crippen molar-refractivity contribution in [1.82, 2.24) is 10.3 Å². The smallest absolute Gasteiger partial charge is 0.220 e. The highest BCUT2D eigenvalue weighted by Crippen LogP contribution is 2.27. The molecule has 1 N–H and O–H groups in total. The first-order chi connectivity index (χ1) is 10.6. The average molecular weight is 320 g/mol. The van der Waals surface area contributed by atoms with Crippen molar-refractivity contribution in [3.8, 4) is 11.5 Å². The van der Waals surface area contributed by atoms with Crippen LogP contribution in [0.15, 0.2) is 24.4 Å². The first kappa shape index (κ1) is 16.3. The van der Waals surface area contributed by atoms with E-state index in [1.165, 1.54) is 0 Å². The lowest BCUT2D eigenvalue weighted by Crippen LogP contribution is -2.22. The third-order valence-electron chi connectivity index (χ3n) is 3.19. The molecule has 0 radical (unpaired) electrons. The first-order valence-electron chi connectivity index (χ1n) is 7.01. The molecule has 0 bridgehead atoms. The summed E-state index contributed by atoms with van der Waals surface area (Å²) in [5.74, 6) is 1.39. The number of amides is 1. The molecule has 5 nitrogen and oxygen atoms in total. The average Bonchev–Trinajstić information content (AvgIpc) is 2.96. The number of hydrogen-bond donors (Lipinski definition) is 1. The zero-order valence-corrected chi connectivity index (χ0v) is 13.8. The lowest BCUT2D eigenvalue weighted by molar-refractivity contribution is -0.121. The number of carbonyl (C=O) groups excluding carboxylic acids is 1. The van der Waals surface area contributed by atoms with Crippen LogP contribution in [0, 0.1) is 6.92 Å². The van der Waals surface area contributed by atoms with Crippen molar-refractivity contribution in [2.24, 2.45) is 0 Å². The quantitative estimate of drug-likeness (QED) is 0.852. The maximum absolute atomic E-state index is 11.9. The monoisotopic (exact) mass is 320 g/mol. The molecule has 0 saturated carbocycles. The summed E-state index contributed by atoms with van der Waals surface area (Å²) in [5.41, 5.74) is 1.04. The van der Waals surface area contributed by atoms with Crippen LogP contribution in [-0.4, -0.2) is 25.1 Å². The van der Waals surface area contributed by atoms with Crippen LogP contribution in [0.25, 0.3) is 0 Å². The molecular weight excluding hydrogens is 300 g/mol. The highest BCUT2D eigenvalue weighted by Gasteiger charge is 2.07. The van der Waals surface area contributed by atoms with Crippen LogP contribution in [-0.2, 0) is 17.8 Å². The fraction of sp³-hybridized carbons (Fsp3) is 0.375. The molecule has 1 amide bonds. The van der Waals surface area contributed by atoms with Gasteiger partial charge in [0.05, 0.1) is 20.8 Å². The van der Waals surface area contributed by atoms with Gasteiger partial charge in [-0.2, -0.15) is 0 Å². The first-order valence-corrected chi connectivity index (χ1v) is 7.83. The van der Waals surface area contributed by atoms with Crippen LogP contribution in [0.4, 0.5) is 0 Å². The normalized spacial score (nSPS) is 10.3. The van der Waals surface area contributed by atoms with E-state index in [-0.39, 0.29) is 5.91 Å². The molecule has 1 heterocycles. The van der Waals surface area contributed by atoms with Crippen LogP contribution < -0.4 is 14.8 Å². The number of aryl methyl sites for hydroxylation is 2. The standard InChI is InChI=1S/C16H20N2O3S/c1-11-9-18-16(22-11)10-17-15(19)7-5-12-4-6-13(20-2)14(8-12)21-3/h4,6,8-9H,5,7,10H2,1-3H3,(H,17,19). The van der Waals surface area contributed by atoms with Crippen LogP contribution in [0.5, 0.6) is 11.5 Å². The van der Waals surface area contributed by atoms with Crippen molar-refractivity contribution >= 4 is 17.2 Å². The Morgan fingerprint density at radius 1 is 1.27 bits per heavy atom. The second kappa shape index (κ2) is 7.79. The summed E-state index contributed by atoms with van der Waals surface area (Å²) >= 11 is 1.60.